The van der Waals surface area contributed by atoms with Crippen molar-refractivity contribution >= 4 is 10.0 Å². The van der Waals surface area contributed by atoms with E-state index in [1.165, 1.54) is 32.1 Å². The van der Waals surface area contributed by atoms with Gasteiger partial charge < -0.3 is 0 Å². The molecule has 0 radical (unpaired) electrons. The Bertz CT molecular complexity index is 354. The summed E-state index contributed by atoms with van der Waals surface area (Å²) in [5.74, 6) is 0. The SMILES string of the molecule is NS(=O)(=O)C1CC2(C1)CC1(CCC1)C2. The highest BCUT2D eigenvalue weighted by molar-refractivity contribution is 7.89. The number of hydrogen-bond donors (Lipinski definition) is 1. The molecular formula is C10H17NO2S. The summed E-state index contributed by atoms with van der Waals surface area (Å²) in [4.78, 5) is 0. The van der Waals surface area contributed by atoms with Crippen molar-refractivity contribution in [2.75, 3.05) is 0 Å². The van der Waals surface area contributed by atoms with E-state index in [0.717, 1.165) is 12.8 Å². The van der Waals surface area contributed by atoms with E-state index in [2.05, 4.69) is 0 Å². The first-order valence-electron chi connectivity index (χ1n) is 5.45. The Morgan fingerprint density at radius 1 is 1.07 bits per heavy atom. The number of rotatable bonds is 1. The second-order valence-electron chi connectivity index (χ2n) is 5.83. The lowest BCUT2D eigenvalue weighted by molar-refractivity contribution is -0.136. The van der Waals surface area contributed by atoms with E-state index < -0.39 is 10.0 Å². The summed E-state index contributed by atoms with van der Waals surface area (Å²) in [6, 6.07) is 0. The molecule has 4 heteroatoms. The third-order valence-corrected chi connectivity index (χ3v) is 5.96. The molecule has 2 spiro atoms. The maximum atomic E-state index is 11.1. The van der Waals surface area contributed by atoms with Gasteiger partial charge in [-0.15, -0.1) is 0 Å². The lowest BCUT2D eigenvalue weighted by Crippen LogP contribution is -2.60. The minimum Gasteiger partial charge on any atom is -0.228 e. The van der Waals surface area contributed by atoms with E-state index in [1.807, 2.05) is 0 Å². The van der Waals surface area contributed by atoms with Crippen LogP contribution in [0.25, 0.3) is 0 Å². The second kappa shape index (κ2) is 2.35. The highest BCUT2D eigenvalue weighted by Gasteiger charge is 2.63. The Kier molecular flexibility index (Phi) is 1.54. The molecule has 0 aromatic heterocycles. The van der Waals surface area contributed by atoms with E-state index in [-0.39, 0.29) is 5.25 Å². The topological polar surface area (TPSA) is 60.2 Å². The third kappa shape index (κ3) is 1.10. The first-order chi connectivity index (χ1) is 6.43. The van der Waals surface area contributed by atoms with Crippen LogP contribution in [0.2, 0.25) is 0 Å². The zero-order valence-corrected chi connectivity index (χ0v) is 9.15. The fourth-order valence-electron chi connectivity index (χ4n) is 4.00. The van der Waals surface area contributed by atoms with Crippen molar-refractivity contribution in [3.05, 3.63) is 0 Å². The van der Waals surface area contributed by atoms with Crippen LogP contribution >= 0.6 is 0 Å². The highest BCUT2D eigenvalue weighted by atomic mass is 32.2. The van der Waals surface area contributed by atoms with Crippen molar-refractivity contribution in [3.63, 3.8) is 0 Å². The molecule has 0 saturated heterocycles. The predicted molar refractivity (Wildman–Crippen MR) is 54.1 cm³/mol. The Hall–Kier alpha value is -0.0900. The molecule has 0 atom stereocenters. The zero-order valence-electron chi connectivity index (χ0n) is 8.33. The van der Waals surface area contributed by atoms with Gasteiger partial charge in [-0.05, 0) is 49.4 Å². The highest BCUT2D eigenvalue weighted by Crippen LogP contribution is 2.71. The molecule has 3 rings (SSSR count). The number of hydrogen-bond acceptors (Lipinski definition) is 2. The van der Waals surface area contributed by atoms with Gasteiger partial charge in [-0.25, -0.2) is 13.6 Å². The van der Waals surface area contributed by atoms with Gasteiger partial charge in [-0.2, -0.15) is 0 Å². The Morgan fingerprint density at radius 2 is 1.64 bits per heavy atom. The quantitative estimate of drug-likeness (QED) is 0.718. The lowest BCUT2D eigenvalue weighted by Gasteiger charge is -2.66. The molecule has 0 aliphatic heterocycles. The number of nitrogens with two attached hydrogens (primary N) is 1. The maximum absolute atomic E-state index is 11.1. The minimum atomic E-state index is -3.24. The molecule has 14 heavy (non-hydrogen) atoms. The van der Waals surface area contributed by atoms with E-state index in [0.29, 0.717) is 10.8 Å². The zero-order chi connectivity index (χ0) is 10.0. The molecule has 3 fully saturated rings. The summed E-state index contributed by atoms with van der Waals surface area (Å²) in [5, 5.41) is 4.90. The predicted octanol–water partition coefficient (Wildman–Crippen LogP) is 1.39. The molecule has 80 valence electrons. The van der Waals surface area contributed by atoms with Crippen molar-refractivity contribution in [3.8, 4) is 0 Å². The molecule has 3 aliphatic rings. The molecule has 3 aliphatic carbocycles. The smallest absolute Gasteiger partial charge is 0.212 e. The van der Waals surface area contributed by atoms with Crippen LogP contribution in [0.3, 0.4) is 0 Å². The average Bonchev–Trinajstić information content (AvgIpc) is 1.72. The molecule has 0 bridgehead atoms. The summed E-state index contributed by atoms with van der Waals surface area (Å²) in [7, 11) is -3.24. The van der Waals surface area contributed by atoms with Crippen LogP contribution < -0.4 is 5.14 Å². The molecular weight excluding hydrogens is 198 g/mol. The van der Waals surface area contributed by atoms with Gasteiger partial charge in [-0.3, -0.25) is 0 Å². The van der Waals surface area contributed by atoms with Crippen molar-refractivity contribution in [1.29, 1.82) is 0 Å². The standard InChI is InChI=1S/C10H17NO2S/c11-14(12,13)8-4-10(5-8)6-9(7-10)2-1-3-9/h8H,1-7H2,(H2,11,12,13). The summed E-state index contributed by atoms with van der Waals surface area (Å²) in [5.41, 5.74) is 1.06. The van der Waals surface area contributed by atoms with Crippen LogP contribution in [0.15, 0.2) is 0 Å². The molecule has 0 amide bonds. The number of sulfonamides is 1. The lowest BCUT2D eigenvalue weighted by atomic mass is 9.40. The number of primary sulfonamides is 1. The van der Waals surface area contributed by atoms with E-state index in [4.69, 9.17) is 5.14 Å². The summed E-state index contributed by atoms with van der Waals surface area (Å²) in [6.45, 7) is 0. The fraction of sp³-hybridized carbons (Fsp3) is 1.00. The van der Waals surface area contributed by atoms with Crippen LogP contribution in [0.4, 0.5) is 0 Å². The molecule has 3 saturated carbocycles. The first-order valence-corrected chi connectivity index (χ1v) is 7.06. The van der Waals surface area contributed by atoms with Crippen molar-refractivity contribution in [2.24, 2.45) is 16.0 Å². The Balaban J connectivity index is 1.61. The van der Waals surface area contributed by atoms with Gasteiger partial charge in [0.1, 0.15) is 0 Å². The molecule has 0 heterocycles. The molecule has 0 unspecified atom stereocenters. The van der Waals surface area contributed by atoms with E-state index in [1.54, 1.807) is 0 Å². The largest absolute Gasteiger partial charge is 0.228 e. The minimum absolute atomic E-state index is 0.222. The maximum Gasteiger partial charge on any atom is 0.212 e. The van der Waals surface area contributed by atoms with Crippen LogP contribution in [-0.2, 0) is 10.0 Å². The Morgan fingerprint density at radius 3 is 2.00 bits per heavy atom. The average molecular weight is 215 g/mol. The van der Waals surface area contributed by atoms with Gasteiger partial charge in [0, 0.05) is 0 Å². The fourth-order valence-corrected chi connectivity index (χ4v) is 5.17. The van der Waals surface area contributed by atoms with Crippen LogP contribution in [0.5, 0.6) is 0 Å². The van der Waals surface area contributed by atoms with Crippen LogP contribution in [0, 0.1) is 10.8 Å². The van der Waals surface area contributed by atoms with Crippen molar-refractivity contribution in [1.82, 2.24) is 0 Å². The van der Waals surface area contributed by atoms with Crippen LogP contribution in [-0.4, -0.2) is 13.7 Å². The molecule has 2 N–H and O–H groups in total. The van der Waals surface area contributed by atoms with Crippen molar-refractivity contribution in [2.45, 2.75) is 50.2 Å². The van der Waals surface area contributed by atoms with Gasteiger partial charge in [0.25, 0.3) is 0 Å². The van der Waals surface area contributed by atoms with Crippen LogP contribution in [0.1, 0.15) is 44.9 Å². The van der Waals surface area contributed by atoms with Gasteiger partial charge in [0.15, 0.2) is 0 Å². The summed E-state index contributed by atoms with van der Waals surface area (Å²) in [6.07, 6.45) is 8.40. The second-order valence-corrected chi connectivity index (χ2v) is 7.67. The van der Waals surface area contributed by atoms with E-state index >= 15 is 0 Å². The van der Waals surface area contributed by atoms with E-state index in [9.17, 15) is 8.42 Å². The summed E-state index contributed by atoms with van der Waals surface area (Å²) < 4.78 is 22.1. The monoisotopic (exact) mass is 215 g/mol. The Labute approximate surface area is 85.1 Å². The van der Waals surface area contributed by atoms with Gasteiger partial charge in [0.05, 0.1) is 5.25 Å². The third-order valence-electron chi connectivity index (χ3n) is 4.70. The van der Waals surface area contributed by atoms with Gasteiger partial charge in [-0.1, -0.05) is 6.42 Å². The molecule has 0 aromatic rings. The van der Waals surface area contributed by atoms with Gasteiger partial charge in [0.2, 0.25) is 10.0 Å². The summed E-state index contributed by atoms with van der Waals surface area (Å²) >= 11 is 0. The van der Waals surface area contributed by atoms with Gasteiger partial charge >= 0.3 is 0 Å². The normalized spacial score (nSPS) is 33.5. The first kappa shape index (κ1) is 9.16. The molecule has 3 nitrogen and oxygen atoms in total. The molecule has 0 aromatic carbocycles. The van der Waals surface area contributed by atoms with Crippen molar-refractivity contribution < 1.29 is 8.42 Å².